The maximum atomic E-state index is 13.0. The fraction of sp³-hybridized carbons (Fsp3) is 0.333. The van der Waals surface area contributed by atoms with Gasteiger partial charge in [-0.15, -0.1) is 0 Å². The van der Waals surface area contributed by atoms with Crippen molar-refractivity contribution in [3.05, 3.63) is 71.7 Å². The Kier molecular flexibility index (Phi) is 5.56. The third-order valence-corrected chi connectivity index (χ3v) is 8.20. The molecule has 2 atom stereocenters. The van der Waals surface area contributed by atoms with Crippen LogP contribution in [-0.2, 0) is 10.0 Å². The van der Waals surface area contributed by atoms with Crippen molar-refractivity contribution < 1.29 is 17.6 Å². The first-order chi connectivity index (χ1) is 16.0. The molecule has 8 nitrogen and oxygen atoms in total. The van der Waals surface area contributed by atoms with Gasteiger partial charge in [0.15, 0.2) is 0 Å². The predicted molar refractivity (Wildman–Crippen MR) is 122 cm³/mol. The molecule has 0 amide bonds. The first kappa shape index (κ1) is 21.5. The molecule has 1 saturated carbocycles. The van der Waals surface area contributed by atoms with Crippen molar-refractivity contribution in [1.29, 1.82) is 5.26 Å². The molecule has 1 aromatic heterocycles. The third-order valence-electron chi connectivity index (χ3n) is 6.29. The topological polar surface area (TPSA) is 99.7 Å². The van der Waals surface area contributed by atoms with E-state index in [0.717, 1.165) is 6.42 Å². The average molecular weight is 465 g/mol. The maximum absolute atomic E-state index is 13.0. The second kappa shape index (κ2) is 8.54. The zero-order valence-electron chi connectivity index (χ0n) is 18.2. The fourth-order valence-corrected chi connectivity index (χ4v) is 5.76. The Labute approximate surface area is 193 Å². The lowest BCUT2D eigenvalue weighted by atomic mass is 10.1. The Morgan fingerprint density at radius 2 is 1.73 bits per heavy atom. The Balaban J connectivity index is 1.28. The number of benzene rings is 2. The average Bonchev–Trinajstić information content (AvgIpc) is 3.55. The van der Waals surface area contributed by atoms with Crippen LogP contribution in [0, 0.1) is 11.3 Å². The number of nitrogens with zero attached hydrogens (tertiary/aromatic N) is 4. The zero-order chi connectivity index (χ0) is 23.0. The summed E-state index contributed by atoms with van der Waals surface area (Å²) >= 11 is 0. The number of nitriles is 1. The van der Waals surface area contributed by atoms with Crippen molar-refractivity contribution in [1.82, 2.24) is 9.29 Å². The molecule has 33 heavy (non-hydrogen) atoms. The van der Waals surface area contributed by atoms with Gasteiger partial charge in [0.1, 0.15) is 11.8 Å². The van der Waals surface area contributed by atoms with E-state index in [1.807, 2.05) is 23.1 Å². The van der Waals surface area contributed by atoms with Gasteiger partial charge in [-0.2, -0.15) is 9.57 Å². The lowest BCUT2D eigenvalue weighted by Gasteiger charge is -2.33. The maximum Gasteiger partial charge on any atom is 0.243 e. The van der Waals surface area contributed by atoms with Gasteiger partial charge < -0.3 is 14.1 Å². The van der Waals surface area contributed by atoms with E-state index < -0.39 is 10.0 Å². The monoisotopic (exact) mass is 464 g/mol. The van der Waals surface area contributed by atoms with Gasteiger partial charge in [-0.25, -0.2) is 13.4 Å². The van der Waals surface area contributed by atoms with E-state index in [-0.39, 0.29) is 16.5 Å². The number of methoxy groups -OCH3 is 1. The predicted octanol–water partition coefficient (Wildman–Crippen LogP) is 3.34. The van der Waals surface area contributed by atoms with Crippen LogP contribution in [0.15, 0.2) is 63.9 Å². The first-order valence-electron chi connectivity index (χ1n) is 10.9. The van der Waals surface area contributed by atoms with Crippen molar-refractivity contribution in [2.24, 2.45) is 0 Å². The lowest BCUT2D eigenvalue weighted by Crippen LogP contribution is -2.48. The highest BCUT2D eigenvalue weighted by Gasteiger charge is 2.44. The van der Waals surface area contributed by atoms with Crippen LogP contribution in [0.25, 0.3) is 0 Å². The Hall–Kier alpha value is -3.35. The fourth-order valence-electron chi connectivity index (χ4n) is 4.34. The summed E-state index contributed by atoms with van der Waals surface area (Å²) in [4.78, 5) is 6.61. The van der Waals surface area contributed by atoms with Crippen LogP contribution in [0.2, 0.25) is 0 Å². The highest BCUT2D eigenvalue weighted by Crippen LogP contribution is 2.54. The molecule has 2 aliphatic rings. The molecular formula is C24H24N4O4S. The summed E-state index contributed by atoms with van der Waals surface area (Å²) < 4.78 is 38.6. The Morgan fingerprint density at radius 3 is 2.36 bits per heavy atom. The Morgan fingerprint density at radius 1 is 1.03 bits per heavy atom. The number of oxazole rings is 1. The van der Waals surface area contributed by atoms with E-state index in [4.69, 9.17) is 9.15 Å². The summed E-state index contributed by atoms with van der Waals surface area (Å²) in [6, 6.07) is 18.7. The minimum absolute atomic E-state index is 0.171. The number of hydrogen-bond donors (Lipinski definition) is 0. The van der Waals surface area contributed by atoms with E-state index in [9.17, 15) is 13.7 Å². The second-order valence-electron chi connectivity index (χ2n) is 8.24. The molecule has 5 rings (SSSR count). The van der Waals surface area contributed by atoms with Gasteiger partial charge in [0.25, 0.3) is 0 Å². The van der Waals surface area contributed by atoms with E-state index in [1.54, 1.807) is 24.3 Å². The van der Waals surface area contributed by atoms with Crippen molar-refractivity contribution in [2.45, 2.75) is 23.2 Å². The molecule has 0 bridgehead atoms. The van der Waals surface area contributed by atoms with Gasteiger partial charge in [0, 0.05) is 32.1 Å². The summed E-state index contributed by atoms with van der Waals surface area (Å²) in [6.45, 7) is 1.44. The van der Waals surface area contributed by atoms with Crippen LogP contribution in [0.5, 0.6) is 5.75 Å². The van der Waals surface area contributed by atoms with Crippen LogP contribution in [0.4, 0.5) is 5.88 Å². The molecule has 0 unspecified atom stereocenters. The molecule has 9 heteroatoms. The van der Waals surface area contributed by atoms with E-state index >= 15 is 0 Å². The van der Waals surface area contributed by atoms with Gasteiger partial charge in [0.2, 0.25) is 27.5 Å². The molecule has 0 radical (unpaired) electrons. The number of sulfonamides is 1. The van der Waals surface area contributed by atoms with Crippen molar-refractivity contribution in [3.8, 4) is 11.8 Å². The minimum atomic E-state index is -3.60. The quantitative estimate of drug-likeness (QED) is 0.552. The van der Waals surface area contributed by atoms with Crippen LogP contribution >= 0.6 is 0 Å². The van der Waals surface area contributed by atoms with Gasteiger partial charge in [-0.3, -0.25) is 0 Å². The van der Waals surface area contributed by atoms with Crippen molar-refractivity contribution in [3.63, 3.8) is 0 Å². The van der Waals surface area contributed by atoms with Gasteiger partial charge in [0.05, 0.1) is 12.0 Å². The van der Waals surface area contributed by atoms with E-state index in [0.29, 0.717) is 49.6 Å². The number of aromatic nitrogens is 1. The molecular weight excluding hydrogens is 440 g/mol. The van der Waals surface area contributed by atoms with Gasteiger partial charge >= 0.3 is 0 Å². The summed E-state index contributed by atoms with van der Waals surface area (Å²) in [7, 11) is -2.06. The minimum Gasteiger partial charge on any atom is -0.497 e. The van der Waals surface area contributed by atoms with Crippen molar-refractivity contribution in [2.75, 3.05) is 38.2 Å². The highest BCUT2D eigenvalue weighted by molar-refractivity contribution is 7.89. The summed E-state index contributed by atoms with van der Waals surface area (Å²) in [5, 5.41) is 9.60. The lowest BCUT2D eigenvalue weighted by molar-refractivity contribution is 0.370. The summed E-state index contributed by atoms with van der Waals surface area (Å²) in [6.07, 6.45) is 0.947. The molecule has 0 spiro atoms. The normalized spacial score (nSPS) is 20.9. The molecule has 1 saturated heterocycles. The van der Waals surface area contributed by atoms with E-state index in [2.05, 4.69) is 23.2 Å². The standard InChI is InChI=1S/C24H24N4O4S/c1-31-18-7-9-19(10-8-18)33(29,30)28-13-11-27(12-14-28)24-22(16-25)26-23(32-24)21-15-20(21)17-5-3-2-4-6-17/h2-10,20-21H,11-15H2,1H3/t20-,21+/m1/s1. The molecule has 3 aromatic rings. The van der Waals surface area contributed by atoms with E-state index in [1.165, 1.54) is 17.0 Å². The molecule has 2 heterocycles. The van der Waals surface area contributed by atoms with Gasteiger partial charge in [-0.05, 0) is 42.2 Å². The van der Waals surface area contributed by atoms with Crippen LogP contribution in [-0.4, -0.2) is 51.0 Å². The van der Waals surface area contributed by atoms with Crippen LogP contribution in [0.3, 0.4) is 0 Å². The number of hydrogen-bond acceptors (Lipinski definition) is 7. The molecule has 2 aromatic carbocycles. The number of ether oxygens (including phenoxy) is 1. The largest absolute Gasteiger partial charge is 0.497 e. The molecule has 1 aliphatic carbocycles. The van der Waals surface area contributed by atoms with Gasteiger partial charge in [-0.1, -0.05) is 30.3 Å². The summed E-state index contributed by atoms with van der Waals surface area (Å²) in [5.74, 6) is 2.16. The molecule has 170 valence electrons. The molecule has 1 aliphatic heterocycles. The second-order valence-corrected chi connectivity index (χ2v) is 10.2. The Bertz CT molecular complexity index is 1270. The number of piperazine rings is 1. The number of rotatable bonds is 6. The summed E-state index contributed by atoms with van der Waals surface area (Å²) in [5.41, 5.74) is 1.51. The third kappa shape index (κ3) is 4.08. The van der Waals surface area contributed by atoms with Crippen molar-refractivity contribution >= 4 is 15.9 Å². The SMILES string of the molecule is COc1ccc(S(=O)(=O)N2CCN(c3oc([C@H]4C[C@@H]4c4ccccc4)nc3C#N)CC2)cc1. The van der Waals surface area contributed by atoms with Crippen LogP contribution < -0.4 is 9.64 Å². The molecule has 2 fully saturated rings. The highest BCUT2D eigenvalue weighted by atomic mass is 32.2. The number of anilines is 1. The first-order valence-corrected chi connectivity index (χ1v) is 12.3. The zero-order valence-corrected chi connectivity index (χ0v) is 19.0. The van der Waals surface area contributed by atoms with Crippen LogP contribution in [0.1, 0.15) is 35.4 Å². The molecule has 0 N–H and O–H groups in total. The smallest absolute Gasteiger partial charge is 0.243 e.